The number of nitrogens with zero attached hydrogens (tertiary/aromatic N) is 5. The van der Waals surface area contributed by atoms with Crippen LogP contribution in [-0.2, 0) is 14.4 Å². The molecule has 4 rings (SSSR count). The highest BCUT2D eigenvalue weighted by Crippen LogP contribution is 2.36. The standard InChI is InChI=1S/C23H13ClN6O9/c24-15-10-13(28(34)35)6-8-16(15)25-22(32)21(31)19-20(12-4-2-1-3-5-12)26-27(23(19)33)17-9-7-14(29(36)37)11-18(17)30(38)39/h1-11,19H,(H,25,32)/t19-/m1/s1. The van der Waals surface area contributed by atoms with Crippen molar-refractivity contribution in [1.29, 1.82) is 0 Å². The Morgan fingerprint density at radius 2 is 1.49 bits per heavy atom. The van der Waals surface area contributed by atoms with Crippen LogP contribution in [0, 0.1) is 36.3 Å². The lowest BCUT2D eigenvalue weighted by molar-refractivity contribution is -0.393. The molecule has 1 heterocycles. The molecule has 39 heavy (non-hydrogen) atoms. The largest absolute Gasteiger partial charge is 0.318 e. The van der Waals surface area contributed by atoms with Crippen LogP contribution in [-0.4, -0.2) is 38.1 Å². The molecule has 0 radical (unpaired) electrons. The summed E-state index contributed by atoms with van der Waals surface area (Å²) >= 11 is 5.98. The fourth-order valence-electron chi connectivity index (χ4n) is 3.68. The summed E-state index contributed by atoms with van der Waals surface area (Å²) < 4.78 is 0. The van der Waals surface area contributed by atoms with Crippen molar-refractivity contribution < 1.29 is 29.2 Å². The van der Waals surface area contributed by atoms with E-state index in [4.69, 9.17) is 11.6 Å². The molecule has 1 atom stereocenters. The van der Waals surface area contributed by atoms with Crippen LogP contribution in [0.4, 0.5) is 28.4 Å². The fourth-order valence-corrected chi connectivity index (χ4v) is 3.90. The average molecular weight is 553 g/mol. The predicted molar refractivity (Wildman–Crippen MR) is 135 cm³/mol. The maximum atomic E-state index is 13.4. The van der Waals surface area contributed by atoms with Gasteiger partial charge in [0, 0.05) is 18.2 Å². The van der Waals surface area contributed by atoms with Gasteiger partial charge in [0.05, 0.1) is 37.3 Å². The minimum Gasteiger partial charge on any atom is -0.318 e. The number of hydrazone groups is 1. The fraction of sp³-hybridized carbons (Fsp3) is 0.0435. The summed E-state index contributed by atoms with van der Waals surface area (Å²) in [5.74, 6) is -5.59. The molecule has 3 aromatic carbocycles. The first kappa shape index (κ1) is 26.5. The molecule has 16 heteroatoms. The SMILES string of the molecule is O=C(Nc1ccc([N+](=O)[O-])cc1Cl)C(=O)[C@@H]1C(=O)N(c2ccc([N+](=O)[O-])cc2[N+](=O)[O-])N=C1c1ccccc1. The van der Waals surface area contributed by atoms with Crippen LogP contribution in [0.25, 0.3) is 0 Å². The maximum Gasteiger partial charge on any atom is 0.301 e. The molecule has 0 saturated heterocycles. The quantitative estimate of drug-likeness (QED) is 0.187. The Labute approximate surface area is 221 Å². The first-order valence-corrected chi connectivity index (χ1v) is 11.1. The predicted octanol–water partition coefficient (Wildman–Crippen LogP) is 3.64. The van der Waals surface area contributed by atoms with E-state index in [1.54, 1.807) is 18.2 Å². The van der Waals surface area contributed by atoms with Crippen LogP contribution in [0.15, 0.2) is 71.8 Å². The van der Waals surface area contributed by atoms with Gasteiger partial charge in [0.15, 0.2) is 5.92 Å². The summed E-state index contributed by atoms with van der Waals surface area (Å²) in [6.07, 6.45) is 0. The normalized spacial score (nSPS) is 14.5. The zero-order valence-electron chi connectivity index (χ0n) is 19.2. The number of amides is 2. The van der Waals surface area contributed by atoms with Crippen molar-refractivity contribution in [3.63, 3.8) is 0 Å². The summed E-state index contributed by atoms with van der Waals surface area (Å²) in [6, 6.07) is 13.3. The molecule has 0 aliphatic carbocycles. The third-order valence-corrected chi connectivity index (χ3v) is 5.81. The zero-order chi connectivity index (χ0) is 28.4. The molecule has 0 aromatic heterocycles. The van der Waals surface area contributed by atoms with Gasteiger partial charge in [0.1, 0.15) is 5.69 Å². The summed E-state index contributed by atoms with van der Waals surface area (Å²) in [4.78, 5) is 70.7. The molecule has 1 aliphatic heterocycles. The number of rotatable bonds is 8. The minimum absolute atomic E-state index is 0.146. The van der Waals surface area contributed by atoms with Gasteiger partial charge >= 0.3 is 5.69 Å². The Hall–Kier alpha value is -5.57. The van der Waals surface area contributed by atoms with Gasteiger partial charge in [-0.15, -0.1) is 0 Å². The van der Waals surface area contributed by atoms with Crippen molar-refractivity contribution >= 4 is 63.3 Å². The van der Waals surface area contributed by atoms with Gasteiger partial charge in [-0.25, -0.2) is 0 Å². The number of ketones is 1. The van der Waals surface area contributed by atoms with Crippen molar-refractivity contribution in [2.75, 3.05) is 10.3 Å². The second kappa shape index (κ2) is 10.4. The highest BCUT2D eigenvalue weighted by Gasteiger charge is 2.46. The van der Waals surface area contributed by atoms with Crippen LogP contribution >= 0.6 is 11.6 Å². The molecule has 3 aromatic rings. The number of nitro benzene ring substituents is 3. The molecule has 0 unspecified atom stereocenters. The van der Waals surface area contributed by atoms with E-state index in [0.717, 1.165) is 30.3 Å². The van der Waals surface area contributed by atoms with Crippen molar-refractivity contribution in [2.24, 2.45) is 11.0 Å². The molecular formula is C23H13ClN6O9. The highest BCUT2D eigenvalue weighted by molar-refractivity contribution is 6.52. The van der Waals surface area contributed by atoms with Crippen LogP contribution in [0.3, 0.4) is 0 Å². The zero-order valence-corrected chi connectivity index (χ0v) is 20.0. The lowest BCUT2D eigenvalue weighted by Gasteiger charge is -2.14. The number of anilines is 2. The molecule has 0 saturated carbocycles. The van der Waals surface area contributed by atoms with Crippen molar-refractivity contribution in [2.45, 2.75) is 0 Å². The Kier molecular flexibility index (Phi) is 7.08. The second-order valence-electron chi connectivity index (χ2n) is 7.86. The highest BCUT2D eigenvalue weighted by atomic mass is 35.5. The molecule has 1 aliphatic rings. The van der Waals surface area contributed by atoms with Crippen LogP contribution in [0.1, 0.15) is 5.56 Å². The smallest absolute Gasteiger partial charge is 0.301 e. The van der Waals surface area contributed by atoms with Gasteiger partial charge in [-0.2, -0.15) is 10.1 Å². The van der Waals surface area contributed by atoms with E-state index in [9.17, 15) is 44.7 Å². The third-order valence-electron chi connectivity index (χ3n) is 5.50. The molecule has 1 N–H and O–H groups in total. The van der Waals surface area contributed by atoms with Gasteiger partial charge in [-0.05, 0) is 17.7 Å². The molecule has 15 nitrogen and oxygen atoms in total. The molecular weight excluding hydrogens is 540 g/mol. The second-order valence-corrected chi connectivity index (χ2v) is 8.27. The van der Waals surface area contributed by atoms with E-state index >= 15 is 0 Å². The number of hydrogen-bond acceptors (Lipinski definition) is 10. The van der Waals surface area contributed by atoms with Crippen molar-refractivity contribution in [3.8, 4) is 0 Å². The van der Waals surface area contributed by atoms with Gasteiger partial charge in [-0.3, -0.25) is 44.7 Å². The van der Waals surface area contributed by atoms with Gasteiger partial charge < -0.3 is 5.32 Å². The number of hydrogen-bond donors (Lipinski definition) is 1. The van der Waals surface area contributed by atoms with Gasteiger partial charge in [-0.1, -0.05) is 41.9 Å². The number of non-ortho nitro benzene ring substituents is 2. The maximum absolute atomic E-state index is 13.4. The van der Waals surface area contributed by atoms with Crippen LogP contribution < -0.4 is 10.3 Å². The number of benzene rings is 3. The Morgan fingerprint density at radius 3 is 2.08 bits per heavy atom. The van der Waals surface area contributed by atoms with E-state index in [2.05, 4.69) is 10.4 Å². The first-order chi connectivity index (χ1) is 18.5. The molecule has 196 valence electrons. The lowest BCUT2D eigenvalue weighted by atomic mass is 9.92. The number of nitrogens with one attached hydrogen (secondary N) is 1. The van der Waals surface area contributed by atoms with Crippen molar-refractivity contribution in [1.82, 2.24) is 0 Å². The number of halogens is 1. The van der Waals surface area contributed by atoms with E-state index < -0.39 is 55.3 Å². The van der Waals surface area contributed by atoms with Crippen molar-refractivity contribution in [3.05, 3.63) is 108 Å². The Balaban J connectivity index is 1.73. The van der Waals surface area contributed by atoms with E-state index in [-0.39, 0.29) is 27.7 Å². The van der Waals surface area contributed by atoms with Gasteiger partial charge in [0.25, 0.3) is 23.2 Å². The number of carbonyl (C=O) groups is 3. The monoisotopic (exact) mass is 552 g/mol. The first-order valence-electron chi connectivity index (χ1n) is 10.7. The van der Waals surface area contributed by atoms with Crippen LogP contribution in [0.5, 0.6) is 0 Å². The van der Waals surface area contributed by atoms with Gasteiger partial charge in [0.2, 0.25) is 5.78 Å². The Morgan fingerprint density at radius 1 is 0.872 bits per heavy atom. The van der Waals surface area contributed by atoms with E-state index in [0.29, 0.717) is 11.1 Å². The summed E-state index contributed by atoms with van der Waals surface area (Å²) in [5, 5.41) is 40.2. The summed E-state index contributed by atoms with van der Waals surface area (Å²) in [6.45, 7) is 0. The molecule has 0 fully saturated rings. The average Bonchev–Trinajstić information content (AvgIpc) is 3.25. The van der Waals surface area contributed by atoms with Crippen LogP contribution in [0.2, 0.25) is 5.02 Å². The number of carbonyl (C=O) groups excluding carboxylic acids is 3. The van der Waals surface area contributed by atoms with E-state index in [1.165, 1.54) is 12.1 Å². The lowest BCUT2D eigenvalue weighted by Crippen LogP contribution is -2.39. The number of nitro groups is 3. The molecule has 0 spiro atoms. The number of Topliss-reactive ketones (excluding diaryl/α,β-unsaturated/α-hetero) is 1. The van der Waals surface area contributed by atoms with E-state index in [1.807, 2.05) is 0 Å². The summed E-state index contributed by atoms with van der Waals surface area (Å²) in [7, 11) is 0. The summed E-state index contributed by atoms with van der Waals surface area (Å²) in [5.41, 5.74) is -2.37. The molecule has 0 bridgehead atoms. The Bertz CT molecular complexity index is 1610. The minimum atomic E-state index is -1.85. The topological polar surface area (TPSA) is 208 Å². The third kappa shape index (κ3) is 5.14. The molecule has 2 amide bonds.